The fourth-order valence-corrected chi connectivity index (χ4v) is 3.23. The number of rotatable bonds is 6. The van der Waals surface area contributed by atoms with Gasteiger partial charge in [-0.1, -0.05) is 17.7 Å². The topological polar surface area (TPSA) is 80.8 Å². The van der Waals surface area contributed by atoms with Gasteiger partial charge in [-0.3, -0.25) is 14.9 Å². The van der Waals surface area contributed by atoms with Crippen molar-refractivity contribution in [2.45, 2.75) is 20.0 Å². The maximum Gasteiger partial charge on any atom is 0.181 e. The van der Waals surface area contributed by atoms with Gasteiger partial charge in [-0.15, -0.1) is 0 Å². The number of carbonyl (C=O) groups is 1. The number of aromatic nitrogens is 4. The van der Waals surface area contributed by atoms with Crippen LogP contribution in [-0.4, -0.2) is 25.9 Å². The van der Waals surface area contributed by atoms with Gasteiger partial charge in [0.25, 0.3) is 0 Å². The number of ketones is 1. The molecule has 0 fully saturated rings. The zero-order chi connectivity index (χ0) is 20.4. The first kappa shape index (κ1) is 19.0. The van der Waals surface area contributed by atoms with Crippen LogP contribution in [0.4, 0.5) is 4.39 Å². The van der Waals surface area contributed by atoms with E-state index in [9.17, 15) is 9.18 Å². The third-order valence-corrected chi connectivity index (χ3v) is 4.79. The molecule has 0 aliphatic carbocycles. The third kappa shape index (κ3) is 3.95. The number of hydrogen-bond donors (Lipinski definition) is 1. The molecule has 6 nitrogen and oxygen atoms in total. The lowest BCUT2D eigenvalue weighted by Crippen LogP contribution is -2.09. The van der Waals surface area contributed by atoms with Crippen molar-refractivity contribution in [1.82, 2.24) is 20.2 Å². The molecule has 0 saturated heterocycles. The number of fused-ring (bicyclic) bond motifs is 1. The van der Waals surface area contributed by atoms with Gasteiger partial charge in [0.15, 0.2) is 23.0 Å². The van der Waals surface area contributed by atoms with Gasteiger partial charge in [0, 0.05) is 41.7 Å². The number of aromatic amines is 1. The SMILES string of the molecule is Cc1[nH]nc2ncc(CC(=O)c3c(Cl)ccc(OCc4cccnc4)c3F)cc12. The molecule has 3 aromatic heterocycles. The number of pyridine rings is 2. The molecule has 0 atom stereocenters. The van der Waals surface area contributed by atoms with E-state index in [2.05, 4.69) is 20.2 Å². The first-order valence-corrected chi connectivity index (χ1v) is 9.23. The van der Waals surface area contributed by atoms with Crippen LogP contribution in [-0.2, 0) is 13.0 Å². The molecule has 0 saturated carbocycles. The summed E-state index contributed by atoms with van der Waals surface area (Å²) in [6, 6.07) is 8.26. The fraction of sp³-hybridized carbons (Fsp3) is 0.143. The predicted molar refractivity (Wildman–Crippen MR) is 107 cm³/mol. The molecule has 146 valence electrons. The molecular formula is C21H16ClFN4O2. The summed E-state index contributed by atoms with van der Waals surface area (Å²) >= 11 is 6.13. The van der Waals surface area contributed by atoms with Crippen molar-refractivity contribution in [1.29, 1.82) is 0 Å². The second-order valence-electron chi connectivity index (χ2n) is 6.55. The Hall–Kier alpha value is -3.32. The molecule has 29 heavy (non-hydrogen) atoms. The summed E-state index contributed by atoms with van der Waals surface area (Å²) in [5.41, 5.74) is 2.64. The van der Waals surface area contributed by atoms with Crippen molar-refractivity contribution in [3.8, 4) is 5.75 Å². The van der Waals surface area contributed by atoms with E-state index < -0.39 is 11.6 Å². The van der Waals surface area contributed by atoms with Crippen molar-refractivity contribution in [2.75, 3.05) is 0 Å². The zero-order valence-electron chi connectivity index (χ0n) is 15.4. The Bertz CT molecular complexity index is 1190. The van der Waals surface area contributed by atoms with Gasteiger partial charge in [-0.05, 0) is 36.8 Å². The van der Waals surface area contributed by atoms with E-state index in [0.717, 1.165) is 16.6 Å². The average molecular weight is 411 g/mol. The van der Waals surface area contributed by atoms with Crippen LogP contribution in [0, 0.1) is 12.7 Å². The number of ether oxygens (including phenoxy) is 1. The highest BCUT2D eigenvalue weighted by molar-refractivity contribution is 6.34. The smallest absolute Gasteiger partial charge is 0.181 e. The molecule has 0 aliphatic heterocycles. The molecule has 4 rings (SSSR count). The second-order valence-corrected chi connectivity index (χ2v) is 6.95. The lowest BCUT2D eigenvalue weighted by atomic mass is 10.0. The van der Waals surface area contributed by atoms with Gasteiger partial charge in [0.1, 0.15) is 6.61 Å². The molecule has 4 aromatic rings. The number of nitrogens with one attached hydrogen (secondary N) is 1. The molecular weight excluding hydrogens is 395 g/mol. The highest BCUT2D eigenvalue weighted by Gasteiger charge is 2.21. The van der Waals surface area contributed by atoms with Crippen LogP contribution in [0.3, 0.4) is 0 Å². The molecule has 1 aromatic carbocycles. The summed E-state index contributed by atoms with van der Waals surface area (Å²) in [7, 11) is 0. The minimum atomic E-state index is -0.778. The Balaban J connectivity index is 1.57. The Morgan fingerprint density at radius 3 is 2.90 bits per heavy atom. The minimum absolute atomic E-state index is 0.0368. The van der Waals surface area contributed by atoms with E-state index in [-0.39, 0.29) is 29.4 Å². The Morgan fingerprint density at radius 2 is 2.10 bits per heavy atom. The van der Waals surface area contributed by atoms with Crippen LogP contribution in [0.1, 0.15) is 27.2 Å². The molecule has 0 aliphatic rings. The Kier molecular flexibility index (Phi) is 5.22. The number of aryl methyl sites for hydroxylation is 1. The summed E-state index contributed by atoms with van der Waals surface area (Å²) in [5, 5.41) is 7.75. The van der Waals surface area contributed by atoms with Crippen LogP contribution >= 0.6 is 11.6 Å². The standard InChI is InChI=1S/C21H16ClFN4O2/c1-12-15-7-14(10-25-21(15)27-26-12)8-17(28)19-16(22)4-5-18(20(19)23)29-11-13-3-2-6-24-9-13/h2-7,9-10H,8,11H2,1H3,(H,25,26,27). The number of nitrogens with zero attached hydrogens (tertiary/aromatic N) is 3. The lowest BCUT2D eigenvalue weighted by molar-refractivity contribution is 0.0988. The summed E-state index contributed by atoms with van der Waals surface area (Å²) in [6.45, 7) is 1.99. The number of carbonyl (C=O) groups excluding carboxylic acids is 1. The van der Waals surface area contributed by atoms with Crippen LogP contribution < -0.4 is 4.74 Å². The van der Waals surface area contributed by atoms with E-state index in [4.69, 9.17) is 16.3 Å². The van der Waals surface area contributed by atoms with Crippen molar-refractivity contribution >= 4 is 28.4 Å². The Morgan fingerprint density at radius 1 is 1.24 bits per heavy atom. The van der Waals surface area contributed by atoms with Crippen LogP contribution in [0.25, 0.3) is 11.0 Å². The first-order valence-electron chi connectivity index (χ1n) is 8.85. The number of H-pyrrole nitrogens is 1. The summed E-state index contributed by atoms with van der Waals surface area (Å²) in [6.07, 6.45) is 4.77. The second kappa shape index (κ2) is 7.97. The van der Waals surface area contributed by atoms with Crippen molar-refractivity contribution < 1.29 is 13.9 Å². The maximum absolute atomic E-state index is 15.0. The lowest BCUT2D eigenvalue weighted by Gasteiger charge is -2.11. The van der Waals surface area contributed by atoms with Crippen molar-refractivity contribution in [3.63, 3.8) is 0 Å². The summed E-state index contributed by atoms with van der Waals surface area (Å²) in [4.78, 5) is 21.0. The maximum atomic E-state index is 15.0. The first-order chi connectivity index (χ1) is 14.0. The van der Waals surface area contributed by atoms with Gasteiger partial charge in [0.2, 0.25) is 0 Å². The molecule has 0 bridgehead atoms. The van der Waals surface area contributed by atoms with E-state index >= 15 is 0 Å². The van der Waals surface area contributed by atoms with Gasteiger partial charge < -0.3 is 4.74 Å². The normalized spacial score (nSPS) is 11.0. The van der Waals surface area contributed by atoms with E-state index in [1.165, 1.54) is 12.1 Å². The largest absolute Gasteiger partial charge is 0.486 e. The number of hydrogen-bond acceptors (Lipinski definition) is 5. The molecule has 0 spiro atoms. The number of halogens is 2. The predicted octanol–water partition coefficient (Wildman–Crippen LogP) is 4.46. The number of benzene rings is 1. The molecule has 1 N–H and O–H groups in total. The summed E-state index contributed by atoms with van der Waals surface area (Å²) < 4.78 is 20.5. The third-order valence-electron chi connectivity index (χ3n) is 4.47. The quantitative estimate of drug-likeness (QED) is 0.475. The van der Waals surface area contributed by atoms with Crippen molar-refractivity contribution in [3.05, 3.63) is 82.1 Å². The van der Waals surface area contributed by atoms with Gasteiger partial charge in [0.05, 0.1) is 10.6 Å². The van der Waals surface area contributed by atoms with E-state index in [1.807, 2.05) is 19.1 Å². The highest BCUT2D eigenvalue weighted by Crippen LogP contribution is 2.29. The van der Waals surface area contributed by atoms with E-state index in [0.29, 0.717) is 11.2 Å². The van der Waals surface area contributed by atoms with Gasteiger partial charge in [-0.25, -0.2) is 9.37 Å². The molecule has 8 heteroatoms. The van der Waals surface area contributed by atoms with Crippen LogP contribution in [0.15, 0.2) is 48.9 Å². The molecule has 3 heterocycles. The summed E-state index contributed by atoms with van der Waals surface area (Å²) in [5.74, 6) is -1.28. The highest BCUT2D eigenvalue weighted by atomic mass is 35.5. The monoisotopic (exact) mass is 410 g/mol. The Labute approximate surface area is 170 Å². The van der Waals surface area contributed by atoms with E-state index in [1.54, 1.807) is 24.7 Å². The zero-order valence-corrected chi connectivity index (χ0v) is 16.2. The average Bonchev–Trinajstić information content (AvgIpc) is 3.08. The van der Waals surface area contributed by atoms with Gasteiger partial charge in [-0.2, -0.15) is 5.10 Å². The fourth-order valence-electron chi connectivity index (χ4n) is 2.98. The van der Waals surface area contributed by atoms with Crippen molar-refractivity contribution in [2.24, 2.45) is 0 Å². The minimum Gasteiger partial charge on any atom is -0.486 e. The molecule has 0 amide bonds. The number of Topliss-reactive ketones (excluding diaryl/α,β-unsaturated/α-hetero) is 1. The van der Waals surface area contributed by atoms with Crippen LogP contribution in [0.5, 0.6) is 5.75 Å². The van der Waals surface area contributed by atoms with Gasteiger partial charge >= 0.3 is 0 Å². The van der Waals surface area contributed by atoms with Crippen LogP contribution in [0.2, 0.25) is 5.02 Å². The molecule has 0 unspecified atom stereocenters. The molecule has 0 radical (unpaired) electrons.